The predicted octanol–water partition coefficient (Wildman–Crippen LogP) is 4.83. The van der Waals surface area contributed by atoms with Gasteiger partial charge in [0.2, 0.25) is 0 Å². The molecule has 2 atom stereocenters. The summed E-state index contributed by atoms with van der Waals surface area (Å²) in [5.41, 5.74) is 4.87. The maximum Gasteiger partial charge on any atom is 0.0444 e. The minimum Gasteiger partial charge on any atom is -0.263 e. The molecule has 0 radical (unpaired) electrons. The van der Waals surface area contributed by atoms with Crippen LogP contribution < -0.4 is 0 Å². The molecule has 0 aliphatic carbocycles. The summed E-state index contributed by atoms with van der Waals surface area (Å²) in [4.78, 5) is 4.60. The first-order valence-corrected chi connectivity index (χ1v) is 6.37. The van der Waals surface area contributed by atoms with E-state index in [1.54, 1.807) is 0 Å². The number of allylic oxidation sites excluding steroid dienone is 2. The lowest BCUT2D eigenvalue weighted by atomic mass is 9.77. The van der Waals surface area contributed by atoms with E-state index in [4.69, 9.17) is 11.6 Å². The van der Waals surface area contributed by atoms with Gasteiger partial charge in [-0.05, 0) is 38.0 Å². The van der Waals surface area contributed by atoms with Crippen LogP contribution in [-0.2, 0) is 0 Å². The van der Waals surface area contributed by atoms with E-state index in [9.17, 15) is 0 Å². The highest BCUT2D eigenvalue weighted by Gasteiger charge is 2.29. The van der Waals surface area contributed by atoms with Gasteiger partial charge in [0.15, 0.2) is 0 Å². The molecule has 1 heterocycles. The maximum absolute atomic E-state index is 6.32. The van der Waals surface area contributed by atoms with Gasteiger partial charge in [-0.3, -0.25) is 4.99 Å². The van der Waals surface area contributed by atoms with Gasteiger partial charge in [-0.1, -0.05) is 36.7 Å². The summed E-state index contributed by atoms with van der Waals surface area (Å²) in [7, 11) is 0. The molecule has 1 nitrogen and oxygen atoms in total. The second kappa shape index (κ2) is 4.66. The van der Waals surface area contributed by atoms with Crippen molar-refractivity contribution >= 4 is 17.3 Å². The van der Waals surface area contributed by atoms with Gasteiger partial charge in [-0.2, -0.15) is 0 Å². The molecule has 0 aromatic heterocycles. The van der Waals surface area contributed by atoms with E-state index in [0.29, 0.717) is 11.8 Å². The zero-order valence-corrected chi connectivity index (χ0v) is 11.5. The average molecular weight is 248 g/mol. The Kier molecular flexibility index (Phi) is 3.39. The fraction of sp³-hybridized carbons (Fsp3) is 0.400. The van der Waals surface area contributed by atoms with Crippen LogP contribution in [0.15, 0.2) is 40.5 Å². The Hall–Kier alpha value is -1.08. The van der Waals surface area contributed by atoms with Crippen molar-refractivity contribution in [2.75, 3.05) is 0 Å². The SMILES string of the molecule is CC1=NC(C)=C(C)C(c2ccccc2Cl)C1C. The van der Waals surface area contributed by atoms with Crippen LogP contribution in [0.3, 0.4) is 0 Å². The molecule has 1 aromatic carbocycles. The van der Waals surface area contributed by atoms with E-state index >= 15 is 0 Å². The molecule has 0 spiro atoms. The van der Waals surface area contributed by atoms with Gasteiger partial charge in [0.1, 0.15) is 0 Å². The summed E-state index contributed by atoms with van der Waals surface area (Å²) < 4.78 is 0. The fourth-order valence-electron chi connectivity index (χ4n) is 2.53. The van der Waals surface area contributed by atoms with Crippen LogP contribution in [0.4, 0.5) is 0 Å². The smallest absolute Gasteiger partial charge is 0.0444 e. The molecule has 90 valence electrons. The second-order valence-corrected chi connectivity index (χ2v) is 5.22. The summed E-state index contributed by atoms with van der Waals surface area (Å²) in [6.45, 7) is 8.57. The molecule has 17 heavy (non-hydrogen) atoms. The Morgan fingerprint density at radius 2 is 1.76 bits per heavy atom. The first kappa shape index (κ1) is 12.4. The Bertz CT molecular complexity index is 499. The van der Waals surface area contributed by atoms with E-state index in [1.165, 1.54) is 16.8 Å². The van der Waals surface area contributed by atoms with Gasteiger partial charge in [-0.15, -0.1) is 0 Å². The zero-order chi connectivity index (χ0) is 12.6. The Morgan fingerprint density at radius 1 is 1.12 bits per heavy atom. The third-order valence-corrected chi connectivity index (χ3v) is 4.12. The lowest BCUT2D eigenvalue weighted by Gasteiger charge is -2.30. The normalized spacial score (nSPS) is 24.9. The first-order valence-electron chi connectivity index (χ1n) is 5.99. The molecular formula is C15H18ClN. The van der Waals surface area contributed by atoms with Crippen molar-refractivity contribution < 1.29 is 0 Å². The summed E-state index contributed by atoms with van der Waals surface area (Å²) >= 11 is 6.32. The molecule has 2 unspecified atom stereocenters. The molecule has 0 fully saturated rings. The lowest BCUT2D eigenvalue weighted by Crippen LogP contribution is -2.23. The number of halogens is 1. The summed E-state index contributed by atoms with van der Waals surface area (Å²) in [6, 6.07) is 8.12. The van der Waals surface area contributed by atoms with Crippen LogP contribution in [0.2, 0.25) is 5.02 Å². The molecule has 0 saturated carbocycles. The van der Waals surface area contributed by atoms with E-state index in [-0.39, 0.29) is 0 Å². The van der Waals surface area contributed by atoms with E-state index in [2.05, 4.69) is 44.8 Å². The van der Waals surface area contributed by atoms with Gasteiger partial charge in [-0.25, -0.2) is 0 Å². The van der Waals surface area contributed by atoms with Crippen molar-refractivity contribution in [1.29, 1.82) is 0 Å². The van der Waals surface area contributed by atoms with Crippen LogP contribution >= 0.6 is 11.6 Å². The maximum atomic E-state index is 6.32. The number of hydrogen-bond donors (Lipinski definition) is 0. The highest BCUT2D eigenvalue weighted by molar-refractivity contribution is 6.31. The molecule has 1 aromatic rings. The summed E-state index contributed by atoms with van der Waals surface area (Å²) in [5.74, 6) is 0.778. The summed E-state index contributed by atoms with van der Waals surface area (Å²) in [6.07, 6.45) is 0. The van der Waals surface area contributed by atoms with Crippen molar-refractivity contribution in [3.05, 3.63) is 46.1 Å². The molecule has 0 bridgehead atoms. The van der Waals surface area contributed by atoms with Crippen LogP contribution in [0.5, 0.6) is 0 Å². The number of hydrogen-bond acceptors (Lipinski definition) is 1. The number of nitrogens with zero attached hydrogens (tertiary/aromatic N) is 1. The van der Waals surface area contributed by atoms with Crippen LogP contribution in [-0.4, -0.2) is 5.71 Å². The number of rotatable bonds is 1. The largest absolute Gasteiger partial charge is 0.263 e. The third-order valence-electron chi connectivity index (χ3n) is 3.78. The minimum absolute atomic E-state index is 0.362. The molecule has 2 heteroatoms. The fourth-order valence-corrected chi connectivity index (χ4v) is 2.78. The van der Waals surface area contributed by atoms with Gasteiger partial charge < -0.3 is 0 Å². The highest BCUT2D eigenvalue weighted by Crippen LogP contribution is 2.40. The summed E-state index contributed by atoms with van der Waals surface area (Å²) in [5, 5.41) is 0.853. The first-order chi connectivity index (χ1) is 8.02. The highest BCUT2D eigenvalue weighted by atomic mass is 35.5. The monoisotopic (exact) mass is 247 g/mol. The van der Waals surface area contributed by atoms with Crippen molar-refractivity contribution in [3.63, 3.8) is 0 Å². The molecule has 2 rings (SSSR count). The molecule has 1 aliphatic rings. The Labute approximate surface area is 108 Å². The van der Waals surface area contributed by atoms with E-state index in [0.717, 1.165) is 10.7 Å². The van der Waals surface area contributed by atoms with Gasteiger partial charge in [0.25, 0.3) is 0 Å². The van der Waals surface area contributed by atoms with Gasteiger partial charge in [0, 0.05) is 28.3 Å². The average Bonchev–Trinajstić information content (AvgIpc) is 2.29. The Balaban J connectivity index is 2.53. The molecule has 0 saturated heterocycles. The van der Waals surface area contributed by atoms with Crippen LogP contribution in [0.25, 0.3) is 0 Å². The molecule has 0 amide bonds. The topological polar surface area (TPSA) is 12.4 Å². The van der Waals surface area contributed by atoms with Crippen molar-refractivity contribution in [3.8, 4) is 0 Å². The lowest BCUT2D eigenvalue weighted by molar-refractivity contribution is 0.623. The number of aliphatic imine (C=N–C) groups is 1. The molecule has 1 aliphatic heterocycles. The van der Waals surface area contributed by atoms with E-state index < -0.39 is 0 Å². The quantitative estimate of drug-likeness (QED) is 0.674. The molecular weight excluding hydrogens is 230 g/mol. The van der Waals surface area contributed by atoms with Crippen LogP contribution in [0.1, 0.15) is 39.2 Å². The van der Waals surface area contributed by atoms with Crippen molar-refractivity contribution in [1.82, 2.24) is 0 Å². The van der Waals surface area contributed by atoms with E-state index in [1.807, 2.05) is 12.1 Å². The standard InChI is InChI=1S/C15H18ClN/c1-9-11(3)17-12(4)10(2)15(9)13-7-5-6-8-14(13)16/h5-9,15H,1-4H3. The van der Waals surface area contributed by atoms with Gasteiger partial charge in [0.05, 0.1) is 0 Å². The van der Waals surface area contributed by atoms with Crippen LogP contribution in [0, 0.1) is 5.92 Å². The third kappa shape index (κ3) is 2.16. The van der Waals surface area contributed by atoms with Crippen molar-refractivity contribution in [2.45, 2.75) is 33.6 Å². The predicted molar refractivity (Wildman–Crippen MR) is 74.8 cm³/mol. The van der Waals surface area contributed by atoms with Crippen molar-refractivity contribution in [2.24, 2.45) is 10.9 Å². The molecule has 0 N–H and O–H groups in total. The zero-order valence-electron chi connectivity index (χ0n) is 10.8. The minimum atomic E-state index is 0.362. The second-order valence-electron chi connectivity index (χ2n) is 4.81. The number of benzene rings is 1. The Morgan fingerprint density at radius 3 is 2.41 bits per heavy atom. The van der Waals surface area contributed by atoms with Gasteiger partial charge >= 0.3 is 0 Å².